The van der Waals surface area contributed by atoms with Crippen LogP contribution in [0.1, 0.15) is 19.1 Å². The second-order valence-corrected chi connectivity index (χ2v) is 4.44. The lowest BCUT2D eigenvalue weighted by molar-refractivity contribution is 0.495. The van der Waals surface area contributed by atoms with Crippen molar-refractivity contribution in [2.45, 2.75) is 25.8 Å². The summed E-state index contributed by atoms with van der Waals surface area (Å²) in [5.41, 5.74) is 6.73. The number of nitrogens with one attached hydrogen (secondary N) is 1. The molecule has 0 spiro atoms. The molecule has 1 atom stereocenters. The zero-order valence-corrected chi connectivity index (χ0v) is 10.3. The molecule has 18 heavy (non-hydrogen) atoms. The van der Waals surface area contributed by atoms with Gasteiger partial charge in [0, 0.05) is 23.8 Å². The molecular weight excluding hydrogens is 231 g/mol. The molecule has 96 valence electrons. The molecule has 0 saturated carbocycles. The van der Waals surface area contributed by atoms with Gasteiger partial charge in [0.05, 0.1) is 6.26 Å². The summed E-state index contributed by atoms with van der Waals surface area (Å²) in [4.78, 5) is 0. The summed E-state index contributed by atoms with van der Waals surface area (Å²) in [7, 11) is 0. The molecule has 0 aliphatic rings. The molecule has 2 rings (SSSR count). The van der Waals surface area contributed by atoms with Crippen molar-refractivity contribution in [3.05, 3.63) is 48.2 Å². The van der Waals surface area contributed by atoms with Crippen LogP contribution < -0.4 is 11.1 Å². The Kier molecular flexibility index (Phi) is 3.87. The van der Waals surface area contributed by atoms with Gasteiger partial charge in [0.1, 0.15) is 11.6 Å². The predicted octanol–water partition coefficient (Wildman–Crippen LogP) is 3.43. The average Bonchev–Trinajstić information content (AvgIpc) is 2.77. The van der Waals surface area contributed by atoms with Crippen LogP contribution in [0.3, 0.4) is 0 Å². The van der Waals surface area contributed by atoms with E-state index in [1.165, 1.54) is 12.1 Å². The SMILES string of the molecule is CC(CCc1ccco1)Nc1cc(N)cc(F)c1. The van der Waals surface area contributed by atoms with Gasteiger partial charge in [0.25, 0.3) is 0 Å². The third kappa shape index (κ3) is 3.52. The van der Waals surface area contributed by atoms with Crippen molar-refractivity contribution in [1.29, 1.82) is 0 Å². The summed E-state index contributed by atoms with van der Waals surface area (Å²) in [5, 5.41) is 3.22. The van der Waals surface area contributed by atoms with Crippen LogP contribution in [-0.4, -0.2) is 6.04 Å². The number of hydrogen-bond donors (Lipinski definition) is 2. The fourth-order valence-electron chi connectivity index (χ4n) is 1.87. The van der Waals surface area contributed by atoms with Crippen molar-refractivity contribution >= 4 is 11.4 Å². The molecule has 0 aliphatic carbocycles. The van der Waals surface area contributed by atoms with E-state index in [0.29, 0.717) is 11.4 Å². The van der Waals surface area contributed by atoms with E-state index in [9.17, 15) is 4.39 Å². The fourth-order valence-corrected chi connectivity index (χ4v) is 1.87. The summed E-state index contributed by atoms with van der Waals surface area (Å²) in [5.74, 6) is 0.637. The van der Waals surface area contributed by atoms with Crippen LogP contribution in [0, 0.1) is 5.82 Å². The van der Waals surface area contributed by atoms with Crippen LogP contribution in [0.5, 0.6) is 0 Å². The molecule has 4 heteroatoms. The van der Waals surface area contributed by atoms with Gasteiger partial charge in [-0.3, -0.25) is 0 Å². The third-order valence-electron chi connectivity index (χ3n) is 2.74. The maximum atomic E-state index is 13.2. The Morgan fingerprint density at radius 3 is 2.89 bits per heavy atom. The van der Waals surface area contributed by atoms with E-state index in [4.69, 9.17) is 10.2 Å². The Morgan fingerprint density at radius 1 is 1.39 bits per heavy atom. The highest BCUT2D eigenvalue weighted by molar-refractivity contribution is 5.55. The Labute approximate surface area is 106 Å². The minimum Gasteiger partial charge on any atom is -0.469 e. The molecule has 0 radical (unpaired) electrons. The lowest BCUT2D eigenvalue weighted by Gasteiger charge is -2.15. The number of nitrogens with two attached hydrogens (primary N) is 1. The van der Waals surface area contributed by atoms with Gasteiger partial charge in [0.2, 0.25) is 0 Å². The monoisotopic (exact) mass is 248 g/mol. The lowest BCUT2D eigenvalue weighted by Crippen LogP contribution is -2.16. The Balaban J connectivity index is 1.88. The summed E-state index contributed by atoms with van der Waals surface area (Å²) >= 11 is 0. The molecule has 2 aromatic rings. The van der Waals surface area contributed by atoms with Crippen LogP contribution in [0.25, 0.3) is 0 Å². The second-order valence-electron chi connectivity index (χ2n) is 4.44. The predicted molar refractivity (Wildman–Crippen MR) is 70.9 cm³/mol. The first-order valence-corrected chi connectivity index (χ1v) is 5.98. The van der Waals surface area contributed by atoms with Crippen LogP contribution in [0.2, 0.25) is 0 Å². The number of furan rings is 1. The summed E-state index contributed by atoms with van der Waals surface area (Å²) < 4.78 is 18.4. The van der Waals surface area contributed by atoms with Gasteiger partial charge in [-0.05, 0) is 43.7 Å². The average molecular weight is 248 g/mol. The second kappa shape index (κ2) is 5.58. The highest BCUT2D eigenvalue weighted by Crippen LogP contribution is 2.17. The van der Waals surface area contributed by atoms with Gasteiger partial charge in [-0.25, -0.2) is 4.39 Å². The number of halogens is 1. The van der Waals surface area contributed by atoms with Crippen LogP contribution in [0.4, 0.5) is 15.8 Å². The molecule has 1 aromatic heterocycles. The van der Waals surface area contributed by atoms with Crippen molar-refractivity contribution in [3.8, 4) is 0 Å². The zero-order valence-electron chi connectivity index (χ0n) is 10.3. The number of benzene rings is 1. The van der Waals surface area contributed by atoms with E-state index >= 15 is 0 Å². The van der Waals surface area contributed by atoms with E-state index in [2.05, 4.69) is 5.32 Å². The van der Waals surface area contributed by atoms with Gasteiger partial charge in [-0.1, -0.05) is 0 Å². The normalized spacial score (nSPS) is 12.3. The van der Waals surface area contributed by atoms with E-state index in [1.54, 1.807) is 12.3 Å². The van der Waals surface area contributed by atoms with Crippen molar-refractivity contribution in [2.24, 2.45) is 0 Å². The van der Waals surface area contributed by atoms with Crippen LogP contribution in [-0.2, 0) is 6.42 Å². The first-order valence-electron chi connectivity index (χ1n) is 5.98. The summed E-state index contributed by atoms with van der Waals surface area (Å²) in [6, 6.07) is 8.52. The number of aryl methyl sites for hydroxylation is 1. The van der Waals surface area contributed by atoms with Gasteiger partial charge in [0.15, 0.2) is 0 Å². The molecule has 1 heterocycles. The van der Waals surface area contributed by atoms with E-state index in [1.807, 2.05) is 19.1 Å². The first kappa shape index (κ1) is 12.5. The summed E-state index contributed by atoms with van der Waals surface area (Å²) in [6.07, 6.45) is 3.43. The van der Waals surface area contributed by atoms with E-state index in [-0.39, 0.29) is 11.9 Å². The fraction of sp³-hybridized carbons (Fsp3) is 0.286. The molecule has 0 aliphatic heterocycles. The van der Waals surface area contributed by atoms with Gasteiger partial charge < -0.3 is 15.5 Å². The quantitative estimate of drug-likeness (QED) is 0.797. The Morgan fingerprint density at radius 2 is 2.22 bits per heavy atom. The molecule has 1 aromatic carbocycles. The molecule has 0 bridgehead atoms. The lowest BCUT2D eigenvalue weighted by atomic mass is 10.1. The molecule has 3 nitrogen and oxygen atoms in total. The summed E-state index contributed by atoms with van der Waals surface area (Å²) in [6.45, 7) is 2.05. The van der Waals surface area contributed by atoms with Crippen LogP contribution in [0.15, 0.2) is 41.0 Å². The van der Waals surface area contributed by atoms with E-state index < -0.39 is 0 Å². The zero-order chi connectivity index (χ0) is 13.0. The highest BCUT2D eigenvalue weighted by Gasteiger charge is 2.05. The Hall–Kier alpha value is -1.97. The first-order chi connectivity index (χ1) is 8.63. The number of anilines is 2. The minimum absolute atomic E-state index is 0.219. The maximum Gasteiger partial charge on any atom is 0.127 e. The topological polar surface area (TPSA) is 51.2 Å². The third-order valence-corrected chi connectivity index (χ3v) is 2.74. The van der Waals surface area contributed by atoms with Gasteiger partial charge >= 0.3 is 0 Å². The smallest absolute Gasteiger partial charge is 0.127 e. The van der Waals surface area contributed by atoms with Crippen molar-refractivity contribution < 1.29 is 8.81 Å². The largest absolute Gasteiger partial charge is 0.469 e. The molecular formula is C14H17FN2O. The Bertz CT molecular complexity index is 476. The molecule has 1 unspecified atom stereocenters. The highest BCUT2D eigenvalue weighted by atomic mass is 19.1. The van der Waals surface area contributed by atoms with Crippen molar-refractivity contribution in [1.82, 2.24) is 0 Å². The van der Waals surface area contributed by atoms with E-state index in [0.717, 1.165) is 18.6 Å². The standard InChI is InChI=1S/C14H17FN2O/c1-10(4-5-14-3-2-6-18-14)17-13-8-11(15)7-12(16)9-13/h2-3,6-10,17H,4-5,16H2,1H3. The number of nitrogen functional groups attached to an aromatic ring is 1. The number of hydrogen-bond acceptors (Lipinski definition) is 3. The molecule has 0 saturated heterocycles. The van der Waals surface area contributed by atoms with Gasteiger partial charge in [-0.15, -0.1) is 0 Å². The van der Waals surface area contributed by atoms with Crippen molar-refractivity contribution in [2.75, 3.05) is 11.1 Å². The van der Waals surface area contributed by atoms with Crippen LogP contribution >= 0.6 is 0 Å². The molecule has 0 amide bonds. The van der Waals surface area contributed by atoms with Gasteiger partial charge in [-0.2, -0.15) is 0 Å². The number of rotatable bonds is 5. The minimum atomic E-state index is -0.323. The molecule has 3 N–H and O–H groups in total. The maximum absolute atomic E-state index is 13.2. The molecule has 0 fully saturated rings. The van der Waals surface area contributed by atoms with Crippen molar-refractivity contribution in [3.63, 3.8) is 0 Å².